The molecule has 0 aliphatic heterocycles. The van der Waals surface area contributed by atoms with Crippen LogP contribution in [0.4, 0.5) is 5.95 Å². The molecule has 2 aromatic carbocycles. The van der Waals surface area contributed by atoms with Crippen LogP contribution in [0.5, 0.6) is 0 Å². The predicted molar refractivity (Wildman–Crippen MR) is 96.2 cm³/mol. The zero-order valence-electron chi connectivity index (χ0n) is 13.4. The predicted octanol–water partition coefficient (Wildman–Crippen LogP) is 0.755. The first-order valence-corrected chi connectivity index (χ1v) is 8.10. The largest absolute Gasteiger partial charge is 1.00 e. The van der Waals surface area contributed by atoms with Crippen molar-refractivity contribution >= 4 is 34.9 Å². The fourth-order valence-electron chi connectivity index (χ4n) is 2.54. The molecule has 0 aliphatic rings. The molecule has 0 bridgehead atoms. The Morgan fingerprint density at radius 1 is 1.12 bits per heavy atom. The molecule has 1 heterocycles. The number of ketones is 1. The van der Waals surface area contributed by atoms with Gasteiger partial charge in [0.15, 0.2) is 5.78 Å². The molecule has 0 saturated heterocycles. The van der Waals surface area contributed by atoms with Crippen molar-refractivity contribution in [3.05, 3.63) is 70.3 Å². The number of anilines is 1. The highest BCUT2D eigenvalue weighted by Gasteiger charge is 2.20. The molecule has 0 spiro atoms. The second-order valence-electron chi connectivity index (χ2n) is 5.50. The maximum atomic E-state index is 12.4. The van der Waals surface area contributed by atoms with E-state index < -0.39 is 0 Å². The summed E-state index contributed by atoms with van der Waals surface area (Å²) in [5.74, 6) is 0.457. The van der Waals surface area contributed by atoms with Crippen molar-refractivity contribution < 1.29 is 26.3 Å². The number of halogens is 3. The van der Waals surface area contributed by atoms with Gasteiger partial charge in [0.05, 0.1) is 7.05 Å². The van der Waals surface area contributed by atoms with Gasteiger partial charge in [0.1, 0.15) is 18.4 Å². The maximum absolute atomic E-state index is 12.4. The lowest BCUT2D eigenvalue weighted by molar-refractivity contribution is -0.667. The first-order valence-electron chi connectivity index (χ1n) is 7.35. The topological polar surface area (TPSA) is 51.9 Å². The Hall–Kier alpha value is -1.82. The quantitative estimate of drug-likeness (QED) is 0.481. The van der Waals surface area contributed by atoms with Crippen molar-refractivity contribution in [2.24, 2.45) is 7.05 Å². The number of benzene rings is 2. The van der Waals surface area contributed by atoms with Gasteiger partial charge in [-0.05, 0) is 36.4 Å². The first kappa shape index (κ1) is 19.5. The number of nitrogens with two attached hydrogens (primary N) is 1. The molecule has 2 N–H and O–H groups in total. The van der Waals surface area contributed by atoms with E-state index in [1.54, 1.807) is 28.8 Å². The van der Waals surface area contributed by atoms with E-state index >= 15 is 0 Å². The molecule has 0 amide bonds. The average molecular weight is 441 g/mol. The van der Waals surface area contributed by atoms with Gasteiger partial charge in [-0.15, -0.1) is 0 Å². The monoisotopic (exact) mass is 439 g/mol. The van der Waals surface area contributed by atoms with Crippen molar-refractivity contribution in [2.75, 3.05) is 5.73 Å². The molecule has 0 radical (unpaired) electrons. The summed E-state index contributed by atoms with van der Waals surface area (Å²) in [5, 5.41) is 1.25. The van der Waals surface area contributed by atoms with Crippen LogP contribution in [-0.4, -0.2) is 10.4 Å². The first-order chi connectivity index (χ1) is 11.5. The summed E-state index contributed by atoms with van der Waals surface area (Å²) in [5.41, 5.74) is 8.57. The number of Topliss-reactive ketones (excluding diaryl/α,β-unsaturated/α-hetero) is 1. The number of nitrogens with zero attached hydrogens (tertiary/aromatic N) is 2. The highest BCUT2D eigenvalue weighted by Crippen LogP contribution is 2.23. The van der Waals surface area contributed by atoms with Gasteiger partial charge in [-0.25, -0.2) is 9.13 Å². The van der Waals surface area contributed by atoms with Crippen molar-refractivity contribution in [2.45, 2.75) is 6.54 Å². The number of hydrogen-bond donors (Lipinski definition) is 1. The summed E-state index contributed by atoms with van der Waals surface area (Å²) in [7, 11) is 1.86. The Kier molecular flexibility index (Phi) is 6.27. The Morgan fingerprint density at radius 3 is 2.44 bits per heavy atom. The SMILES string of the molecule is Cn1c(-c2cccc(Cl)c2)c[n+](CC(=O)c2ccc(Cl)cc2)c1N.[Br-]. The minimum Gasteiger partial charge on any atom is -1.00 e. The zero-order chi connectivity index (χ0) is 17.3. The fraction of sp³-hybridized carbons (Fsp3) is 0.111. The van der Waals surface area contributed by atoms with Gasteiger partial charge in [0.25, 0.3) is 0 Å². The molecule has 1 aromatic heterocycles. The molecule has 0 saturated carbocycles. The number of nitrogen functional groups attached to an aromatic ring is 1. The molecule has 0 fully saturated rings. The van der Waals surface area contributed by atoms with Crippen LogP contribution in [-0.2, 0) is 13.6 Å². The smallest absolute Gasteiger partial charge is 0.355 e. The van der Waals surface area contributed by atoms with E-state index in [-0.39, 0.29) is 29.3 Å². The molecule has 0 unspecified atom stereocenters. The van der Waals surface area contributed by atoms with Crippen LogP contribution in [0.1, 0.15) is 10.4 Å². The molecule has 0 atom stereocenters. The third kappa shape index (κ3) is 4.24. The molecule has 3 rings (SSSR count). The molecule has 130 valence electrons. The molecule has 4 nitrogen and oxygen atoms in total. The number of carbonyl (C=O) groups excluding carboxylic acids is 1. The van der Waals surface area contributed by atoms with Gasteiger partial charge in [-0.2, -0.15) is 0 Å². The number of imidazole rings is 1. The minimum absolute atomic E-state index is 0. The van der Waals surface area contributed by atoms with E-state index in [1.165, 1.54) is 0 Å². The number of rotatable bonds is 4. The summed E-state index contributed by atoms with van der Waals surface area (Å²) in [6, 6.07) is 14.3. The molecule has 25 heavy (non-hydrogen) atoms. The number of hydrogen-bond acceptors (Lipinski definition) is 2. The Labute approximate surface area is 166 Å². The summed E-state index contributed by atoms with van der Waals surface area (Å²) in [6.45, 7) is 0.155. The van der Waals surface area contributed by atoms with Crippen LogP contribution in [0.3, 0.4) is 0 Å². The van der Waals surface area contributed by atoms with E-state index in [1.807, 2.05) is 42.1 Å². The number of aromatic nitrogens is 2. The van der Waals surface area contributed by atoms with Gasteiger partial charge >= 0.3 is 5.95 Å². The highest BCUT2D eigenvalue weighted by molar-refractivity contribution is 6.31. The molecular formula is C18H16BrCl2N3O. The minimum atomic E-state index is -0.0355. The van der Waals surface area contributed by atoms with Gasteiger partial charge in [0, 0.05) is 21.2 Å². The summed E-state index contributed by atoms with van der Waals surface area (Å²) < 4.78 is 3.56. The van der Waals surface area contributed by atoms with Crippen molar-refractivity contribution in [1.29, 1.82) is 0 Å². The second-order valence-corrected chi connectivity index (χ2v) is 6.37. The van der Waals surface area contributed by atoms with Crippen molar-refractivity contribution in [1.82, 2.24) is 4.57 Å². The van der Waals surface area contributed by atoms with Gasteiger partial charge in [-0.1, -0.05) is 35.3 Å². The van der Waals surface area contributed by atoms with Gasteiger partial charge < -0.3 is 17.0 Å². The Balaban J connectivity index is 0.00000225. The highest BCUT2D eigenvalue weighted by atomic mass is 79.9. The van der Waals surface area contributed by atoms with Crippen LogP contribution in [0, 0.1) is 0 Å². The van der Waals surface area contributed by atoms with Crippen molar-refractivity contribution in [3.8, 4) is 11.3 Å². The van der Waals surface area contributed by atoms with E-state index in [4.69, 9.17) is 28.9 Å². The standard InChI is InChI=1S/C18H15Cl2N3O.BrH/c1-22-16(13-3-2-4-15(20)9-13)10-23(18(22)21)11-17(24)12-5-7-14(19)8-6-12;/h2-10,21H,11H2,1H3;1H. The Morgan fingerprint density at radius 2 is 1.80 bits per heavy atom. The summed E-state index contributed by atoms with van der Waals surface area (Å²) in [4.78, 5) is 12.4. The Bertz CT molecular complexity index is 907. The molecule has 7 heteroatoms. The van der Waals surface area contributed by atoms with E-state index in [0.29, 0.717) is 21.6 Å². The van der Waals surface area contributed by atoms with Gasteiger partial charge in [0.2, 0.25) is 0 Å². The fourth-order valence-corrected chi connectivity index (χ4v) is 2.86. The lowest BCUT2D eigenvalue weighted by atomic mass is 10.1. The normalized spacial score (nSPS) is 10.4. The van der Waals surface area contributed by atoms with Crippen LogP contribution in [0.2, 0.25) is 10.0 Å². The van der Waals surface area contributed by atoms with Crippen LogP contribution < -0.4 is 27.3 Å². The van der Waals surface area contributed by atoms with Crippen LogP contribution >= 0.6 is 23.2 Å². The number of carbonyl (C=O) groups is 1. The second kappa shape index (κ2) is 8.04. The van der Waals surface area contributed by atoms with E-state index in [2.05, 4.69) is 0 Å². The average Bonchev–Trinajstić information content (AvgIpc) is 2.84. The lowest BCUT2D eigenvalue weighted by Crippen LogP contribution is -3.00. The molecule has 3 aromatic rings. The third-order valence-corrected chi connectivity index (χ3v) is 4.36. The lowest BCUT2D eigenvalue weighted by Gasteiger charge is -2.00. The van der Waals surface area contributed by atoms with E-state index in [9.17, 15) is 4.79 Å². The molecular weight excluding hydrogens is 425 g/mol. The summed E-state index contributed by atoms with van der Waals surface area (Å²) in [6.07, 6.45) is 1.86. The zero-order valence-corrected chi connectivity index (χ0v) is 16.5. The van der Waals surface area contributed by atoms with E-state index in [0.717, 1.165) is 11.3 Å². The maximum Gasteiger partial charge on any atom is 0.355 e. The molecule has 0 aliphatic carbocycles. The van der Waals surface area contributed by atoms with Crippen LogP contribution in [0.25, 0.3) is 11.3 Å². The summed E-state index contributed by atoms with van der Waals surface area (Å²) >= 11 is 11.9. The van der Waals surface area contributed by atoms with Gasteiger partial charge in [-0.3, -0.25) is 10.5 Å². The van der Waals surface area contributed by atoms with Crippen molar-refractivity contribution in [3.63, 3.8) is 0 Å². The van der Waals surface area contributed by atoms with Crippen LogP contribution in [0.15, 0.2) is 54.7 Å². The third-order valence-electron chi connectivity index (χ3n) is 3.88.